The van der Waals surface area contributed by atoms with Crippen LogP contribution in [-0.2, 0) is 6.54 Å². The average molecular weight is 250 g/mol. The first-order valence-electron chi connectivity index (χ1n) is 5.20. The number of nitrogens with zero attached hydrogens (tertiary/aromatic N) is 1. The highest BCUT2D eigenvalue weighted by molar-refractivity contribution is 6.30. The van der Waals surface area contributed by atoms with Crippen molar-refractivity contribution in [3.05, 3.63) is 57.1 Å². The molecule has 1 aromatic heterocycles. The van der Waals surface area contributed by atoms with Crippen molar-refractivity contribution in [3.63, 3.8) is 0 Å². The number of aromatic amines is 1. The summed E-state index contributed by atoms with van der Waals surface area (Å²) in [4.78, 5) is 18.0. The minimum Gasteiger partial charge on any atom is -0.366 e. The largest absolute Gasteiger partial charge is 0.366 e. The Morgan fingerprint density at radius 2 is 2.24 bits per heavy atom. The summed E-state index contributed by atoms with van der Waals surface area (Å²) in [5.41, 5.74) is 0.878. The Bertz CT molecular complexity index is 580. The SMILES string of the molecule is Cc1nc(NCc2cccc(Cl)c2)cc(=O)[nH]1. The van der Waals surface area contributed by atoms with E-state index in [0.717, 1.165) is 5.56 Å². The van der Waals surface area contributed by atoms with Crippen LogP contribution in [0.5, 0.6) is 0 Å². The van der Waals surface area contributed by atoms with Gasteiger partial charge in [-0.15, -0.1) is 0 Å². The number of benzene rings is 1. The van der Waals surface area contributed by atoms with Crippen molar-refractivity contribution in [1.82, 2.24) is 9.97 Å². The molecule has 0 saturated heterocycles. The molecule has 0 amide bonds. The Hall–Kier alpha value is -1.81. The Labute approximate surface area is 104 Å². The number of hydrogen-bond acceptors (Lipinski definition) is 3. The fourth-order valence-electron chi connectivity index (χ4n) is 1.51. The van der Waals surface area contributed by atoms with E-state index < -0.39 is 0 Å². The van der Waals surface area contributed by atoms with Gasteiger partial charge in [-0.05, 0) is 24.6 Å². The molecule has 0 unspecified atom stereocenters. The molecule has 0 bridgehead atoms. The molecular formula is C12H12ClN3O. The number of hydrogen-bond donors (Lipinski definition) is 2. The summed E-state index contributed by atoms with van der Waals surface area (Å²) in [5.74, 6) is 1.15. The number of rotatable bonds is 3. The van der Waals surface area contributed by atoms with Crippen LogP contribution in [0, 0.1) is 6.92 Å². The lowest BCUT2D eigenvalue weighted by Gasteiger charge is -2.06. The first-order chi connectivity index (χ1) is 8.13. The van der Waals surface area contributed by atoms with Crippen LogP contribution in [0.4, 0.5) is 5.82 Å². The first-order valence-corrected chi connectivity index (χ1v) is 5.57. The minimum absolute atomic E-state index is 0.161. The van der Waals surface area contributed by atoms with E-state index in [4.69, 9.17) is 11.6 Å². The molecule has 5 heteroatoms. The van der Waals surface area contributed by atoms with Gasteiger partial charge in [0, 0.05) is 17.6 Å². The first kappa shape index (κ1) is 11.7. The Balaban J connectivity index is 2.09. The van der Waals surface area contributed by atoms with Gasteiger partial charge >= 0.3 is 0 Å². The quantitative estimate of drug-likeness (QED) is 0.878. The highest BCUT2D eigenvalue weighted by Gasteiger charge is 1.98. The van der Waals surface area contributed by atoms with Crippen LogP contribution < -0.4 is 10.9 Å². The van der Waals surface area contributed by atoms with Gasteiger partial charge in [0.15, 0.2) is 0 Å². The molecule has 2 aromatic rings. The molecule has 0 aliphatic carbocycles. The lowest BCUT2D eigenvalue weighted by molar-refractivity contribution is 0.997. The normalized spacial score (nSPS) is 10.2. The summed E-state index contributed by atoms with van der Waals surface area (Å²) in [7, 11) is 0. The molecular weight excluding hydrogens is 238 g/mol. The molecule has 2 rings (SSSR count). The van der Waals surface area contributed by atoms with Crippen molar-refractivity contribution in [2.24, 2.45) is 0 Å². The van der Waals surface area contributed by atoms with E-state index in [-0.39, 0.29) is 5.56 Å². The summed E-state index contributed by atoms with van der Waals surface area (Å²) in [5, 5.41) is 3.77. The average Bonchev–Trinajstić information content (AvgIpc) is 2.25. The smallest absolute Gasteiger partial charge is 0.252 e. The standard InChI is InChI=1S/C12H12ClN3O/c1-8-15-11(6-12(17)16-8)14-7-9-3-2-4-10(13)5-9/h2-6H,7H2,1H3,(H2,14,15,16,17). The fraction of sp³-hybridized carbons (Fsp3) is 0.167. The van der Waals surface area contributed by atoms with Crippen molar-refractivity contribution in [3.8, 4) is 0 Å². The second kappa shape index (κ2) is 5.01. The van der Waals surface area contributed by atoms with E-state index in [2.05, 4.69) is 15.3 Å². The van der Waals surface area contributed by atoms with Crippen LogP contribution in [0.3, 0.4) is 0 Å². The van der Waals surface area contributed by atoms with Gasteiger partial charge in [-0.2, -0.15) is 0 Å². The van der Waals surface area contributed by atoms with Crippen molar-refractivity contribution < 1.29 is 0 Å². The van der Waals surface area contributed by atoms with Gasteiger partial charge < -0.3 is 10.3 Å². The number of anilines is 1. The Kier molecular flexibility index (Phi) is 3.44. The van der Waals surface area contributed by atoms with Crippen molar-refractivity contribution in [1.29, 1.82) is 0 Å². The van der Waals surface area contributed by atoms with E-state index in [9.17, 15) is 4.79 Å². The number of H-pyrrole nitrogens is 1. The third-order valence-corrected chi connectivity index (χ3v) is 2.46. The molecule has 2 N–H and O–H groups in total. The second-order valence-electron chi connectivity index (χ2n) is 3.70. The van der Waals surface area contributed by atoms with Crippen molar-refractivity contribution in [2.75, 3.05) is 5.32 Å². The number of aryl methyl sites for hydroxylation is 1. The molecule has 0 aliphatic rings. The van der Waals surface area contributed by atoms with Crippen molar-refractivity contribution >= 4 is 17.4 Å². The topological polar surface area (TPSA) is 57.8 Å². The second-order valence-corrected chi connectivity index (χ2v) is 4.14. The minimum atomic E-state index is -0.161. The van der Waals surface area contributed by atoms with Crippen LogP contribution in [-0.4, -0.2) is 9.97 Å². The van der Waals surface area contributed by atoms with Gasteiger partial charge in [-0.1, -0.05) is 23.7 Å². The number of halogens is 1. The van der Waals surface area contributed by atoms with Gasteiger partial charge in [0.05, 0.1) is 0 Å². The van der Waals surface area contributed by atoms with Gasteiger partial charge in [-0.25, -0.2) is 4.98 Å². The molecule has 1 heterocycles. The maximum absolute atomic E-state index is 11.2. The van der Waals surface area contributed by atoms with Gasteiger partial charge in [0.1, 0.15) is 11.6 Å². The zero-order valence-electron chi connectivity index (χ0n) is 9.33. The maximum Gasteiger partial charge on any atom is 0.252 e. The van der Waals surface area contributed by atoms with Gasteiger partial charge in [0.25, 0.3) is 5.56 Å². The molecule has 0 radical (unpaired) electrons. The number of aromatic nitrogens is 2. The van der Waals surface area contributed by atoms with E-state index in [1.165, 1.54) is 6.07 Å². The summed E-state index contributed by atoms with van der Waals surface area (Å²) >= 11 is 5.88. The zero-order chi connectivity index (χ0) is 12.3. The maximum atomic E-state index is 11.2. The van der Waals surface area contributed by atoms with Crippen LogP contribution in [0.15, 0.2) is 35.1 Å². The zero-order valence-corrected chi connectivity index (χ0v) is 10.1. The summed E-state index contributed by atoms with van der Waals surface area (Å²) in [6.07, 6.45) is 0. The summed E-state index contributed by atoms with van der Waals surface area (Å²) in [6, 6.07) is 8.96. The summed E-state index contributed by atoms with van der Waals surface area (Å²) in [6.45, 7) is 2.32. The van der Waals surface area contributed by atoms with Crippen LogP contribution in [0.2, 0.25) is 5.02 Å². The van der Waals surface area contributed by atoms with E-state index in [1.807, 2.05) is 24.3 Å². The third kappa shape index (κ3) is 3.32. The van der Waals surface area contributed by atoms with Crippen LogP contribution in [0.25, 0.3) is 0 Å². The Morgan fingerprint density at radius 3 is 2.94 bits per heavy atom. The predicted octanol–water partition coefficient (Wildman–Crippen LogP) is 2.34. The van der Waals surface area contributed by atoms with E-state index in [1.54, 1.807) is 6.92 Å². The fourth-order valence-corrected chi connectivity index (χ4v) is 1.72. The summed E-state index contributed by atoms with van der Waals surface area (Å²) < 4.78 is 0. The molecule has 17 heavy (non-hydrogen) atoms. The molecule has 0 atom stereocenters. The van der Waals surface area contributed by atoms with Gasteiger partial charge in [-0.3, -0.25) is 4.79 Å². The van der Waals surface area contributed by atoms with E-state index in [0.29, 0.717) is 23.2 Å². The molecule has 0 aliphatic heterocycles. The monoisotopic (exact) mass is 249 g/mol. The van der Waals surface area contributed by atoms with Crippen molar-refractivity contribution in [2.45, 2.75) is 13.5 Å². The molecule has 0 saturated carbocycles. The predicted molar refractivity (Wildman–Crippen MR) is 68.4 cm³/mol. The highest BCUT2D eigenvalue weighted by Crippen LogP contribution is 2.11. The third-order valence-electron chi connectivity index (χ3n) is 2.22. The molecule has 88 valence electrons. The van der Waals surface area contributed by atoms with E-state index >= 15 is 0 Å². The van der Waals surface area contributed by atoms with Crippen LogP contribution in [0.1, 0.15) is 11.4 Å². The van der Waals surface area contributed by atoms with Crippen LogP contribution >= 0.6 is 11.6 Å². The molecule has 1 aromatic carbocycles. The highest BCUT2D eigenvalue weighted by atomic mass is 35.5. The molecule has 0 fully saturated rings. The lowest BCUT2D eigenvalue weighted by Crippen LogP contribution is -2.11. The number of nitrogens with one attached hydrogen (secondary N) is 2. The Morgan fingerprint density at radius 1 is 1.41 bits per heavy atom. The lowest BCUT2D eigenvalue weighted by atomic mass is 10.2. The molecule has 4 nitrogen and oxygen atoms in total. The van der Waals surface area contributed by atoms with Gasteiger partial charge in [0.2, 0.25) is 0 Å². The molecule has 0 spiro atoms.